The average Bonchev–Trinajstić information content (AvgIpc) is 3.38. The number of aromatic nitrogens is 2. The van der Waals surface area contributed by atoms with Crippen molar-refractivity contribution in [2.24, 2.45) is 7.05 Å². The number of rotatable bonds is 6. The fourth-order valence-corrected chi connectivity index (χ4v) is 5.67. The van der Waals surface area contributed by atoms with Crippen molar-refractivity contribution in [3.63, 3.8) is 0 Å². The average molecular weight is 457 g/mol. The van der Waals surface area contributed by atoms with Crippen LogP contribution >= 0.6 is 23.1 Å². The van der Waals surface area contributed by atoms with Crippen molar-refractivity contribution in [2.45, 2.75) is 37.1 Å². The Morgan fingerprint density at radius 3 is 2.90 bits per heavy atom. The van der Waals surface area contributed by atoms with Crippen molar-refractivity contribution < 1.29 is 22.4 Å². The van der Waals surface area contributed by atoms with E-state index < -0.39 is 18.6 Å². The van der Waals surface area contributed by atoms with Gasteiger partial charge in [0.2, 0.25) is 5.91 Å². The van der Waals surface area contributed by atoms with Gasteiger partial charge in [-0.15, -0.1) is 11.3 Å². The standard InChI is InChI=1S/C19H18F3N3O3S2/c1-24-17(27)15-12-5-2-6-13(12)30-16(15)23-18(24)29-9-14(26)25(10-19(20,21)22)8-11-4-3-7-28-11/h3-4,7H,2,5-6,8-10H2,1H3. The smallest absolute Gasteiger partial charge is 0.406 e. The van der Waals surface area contributed by atoms with E-state index in [1.807, 2.05) is 0 Å². The van der Waals surface area contributed by atoms with Gasteiger partial charge < -0.3 is 9.32 Å². The molecule has 0 unspecified atom stereocenters. The van der Waals surface area contributed by atoms with Gasteiger partial charge in [0.15, 0.2) is 5.16 Å². The molecular formula is C19H18F3N3O3S2. The van der Waals surface area contributed by atoms with E-state index in [4.69, 9.17) is 4.42 Å². The van der Waals surface area contributed by atoms with Crippen molar-refractivity contribution in [1.29, 1.82) is 0 Å². The molecule has 0 saturated heterocycles. The number of fused-ring (bicyclic) bond motifs is 3. The number of furan rings is 1. The number of aryl methyl sites for hydroxylation is 2. The first-order valence-corrected chi connectivity index (χ1v) is 11.0. The summed E-state index contributed by atoms with van der Waals surface area (Å²) in [6.07, 6.45) is -0.381. The molecule has 0 saturated carbocycles. The topological polar surface area (TPSA) is 68.3 Å². The minimum absolute atomic E-state index is 0.183. The van der Waals surface area contributed by atoms with Crippen LogP contribution in [0.3, 0.4) is 0 Å². The molecule has 3 heterocycles. The first kappa shape index (κ1) is 21.0. The molecule has 160 valence electrons. The van der Waals surface area contributed by atoms with E-state index in [1.165, 1.54) is 33.1 Å². The highest BCUT2D eigenvalue weighted by Crippen LogP contribution is 2.35. The Bertz CT molecular complexity index is 1140. The minimum atomic E-state index is -4.53. The van der Waals surface area contributed by atoms with E-state index >= 15 is 0 Å². The van der Waals surface area contributed by atoms with Crippen LogP contribution in [-0.4, -0.2) is 38.8 Å². The third-order valence-electron chi connectivity index (χ3n) is 4.88. The molecule has 0 N–H and O–H groups in total. The van der Waals surface area contributed by atoms with Crippen molar-refractivity contribution >= 4 is 39.2 Å². The molecule has 6 nitrogen and oxygen atoms in total. The van der Waals surface area contributed by atoms with E-state index in [1.54, 1.807) is 13.1 Å². The Kier molecular flexibility index (Phi) is 5.67. The zero-order valence-electron chi connectivity index (χ0n) is 16.0. The van der Waals surface area contributed by atoms with Crippen molar-refractivity contribution in [3.8, 4) is 0 Å². The SMILES string of the molecule is Cn1c(SCC(=O)N(Cc2ccco2)CC(F)(F)F)nc2sc3c(c2c1=O)CCC3. The number of thiophene rings is 1. The van der Waals surface area contributed by atoms with Gasteiger partial charge in [0.25, 0.3) is 5.56 Å². The lowest BCUT2D eigenvalue weighted by molar-refractivity contribution is -0.161. The van der Waals surface area contributed by atoms with Crippen LogP contribution in [0.5, 0.6) is 0 Å². The molecule has 4 rings (SSSR count). The van der Waals surface area contributed by atoms with Crippen LogP contribution in [0.4, 0.5) is 13.2 Å². The molecule has 1 aliphatic carbocycles. The molecule has 0 radical (unpaired) electrons. The second-order valence-corrected chi connectivity index (χ2v) is 9.06. The summed E-state index contributed by atoms with van der Waals surface area (Å²) >= 11 is 2.44. The molecule has 1 amide bonds. The molecule has 30 heavy (non-hydrogen) atoms. The van der Waals surface area contributed by atoms with Crippen LogP contribution in [-0.2, 0) is 31.2 Å². The maximum atomic E-state index is 12.9. The highest BCUT2D eigenvalue weighted by molar-refractivity contribution is 7.99. The van der Waals surface area contributed by atoms with Gasteiger partial charge >= 0.3 is 6.18 Å². The van der Waals surface area contributed by atoms with Crippen LogP contribution in [0.1, 0.15) is 22.6 Å². The minimum Gasteiger partial charge on any atom is -0.467 e. The van der Waals surface area contributed by atoms with E-state index in [9.17, 15) is 22.8 Å². The second kappa shape index (κ2) is 8.10. The maximum absolute atomic E-state index is 12.9. The predicted octanol–water partition coefficient (Wildman–Crippen LogP) is 3.76. The summed E-state index contributed by atoms with van der Waals surface area (Å²) in [5, 5.41) is 0.938. The number of halogens is 3. The molecule has 3 aromatic rings. The number of hydrogen-bond acceptors (Lipinski definition) is 6. The number of carbonyl (C=O) groups excluding carboxylic acids is 1. The normalized spacial score (nSPS) is 13.7. The Balaban J connectivity index is 1.53. The monoisotopic (exact) mass is 457 g/mol. The maximum Gasteiger partial charge on any atom is 0.406 e. The molecule has 0 aromatic carbocycles. The van der Waals surface area contributed by atoms with Gasteiger partial charge in [-0.25, -0.2) is 4.98 Å². The lowest BCUT2D eigenvalue weighted by Gasteiger charge is -2.23. The van der Waals surface area contributed by atoms with Gasteiger partial charge in [0, 0.05) is 11.9 Å². The first-order chi connectivity index (χ1) is 14.2. The van der Waals surface area contributed by atoms with Crippen LogP contribution in [0.25, 0.3) is 10.2 Å². The molecule has 11 heteroatoms. The summed E-state index contributed by atoms with van der Waals surface area (Å²) in [7, 11) is 1.57. The van der Waals surface area contributed by atoms with Gasteiger partial charge in [-0.3, -0.25) is 14.2 Å². The quantitative estimate of drug-likeness (QED) is 0.417. The summed E-state index contributed by atoms with van der Waals surface area (Å²) < 4.78 is 45.3. The number of hydrogen-bond donors (Lipinski definition) is 0. The lowest BCUT2D eigenvalue weighted by Crippen LogP contribution is -2.39. The van der Waals surface area contributed by atoms with E-state index in [-0.39, 0.29) is 23.6 Å². The third kappa shape index (κ3) is 4.27. The summed E-state index contributed by atoms with van der Waals surface area (Å²) in [4.78, 5) is 32.4. The summed E-state index contributed by atoms with van der Waals surface area (Å²) in [5.41, 5.74) is 0.877. The van der Waals surface area contributed by atoms with E-state index in [2.05, 4.69) is 4.98 Å². The van der Waals surface area contributed by atoms with Gasteiger partial charge in [0.05, 0.1) is 23.9 Å². The van der Waals surface area contributed by atoms with Crippen LogP contribution in [0.2, 0.25) is 0 Å². The number of alkyl halides is 3. The zero-order chi connectivity index (χ0) is 21.5. The van der Waals surface area contributed by atoms with Crippen LogP contribution in [0, 0.1) is 0 Å². The lowest BCUT2D eigenvalue weighted by atomic mass is 10.2. The number of nitrogens with zero attached hydrogens (tertiary/aromatic N) is 3. The summed E-state index contributed by atoms with van der Waals surface area (Å²) in [5.74, 6) is -0.720. The van der Waals surface area contributed by atoms with Crippen LogP contribution in [0.15, 0.2) is 32.8 Å². The van der Waals surface area contributed by atoms with Crippen LogP contribution < -0.4 is 5.56 Å². The van der Waals surface area contributed by atoms with Gasteiger partial charge in [-0.2, -0.15) is 13.2 Å². The number of carbonyl (C=O) groups is 1. The molecule has 0 atom stereocenters. The van der Waals surface area contributed by atoms with E-state index in [0.29, 0.717) is 20.3 Å². The predicted molar refractivity (Wildman–Crippen MR) is 108 cm³/mol. The van der Waals surface area contributed by atoms with Crippen molar-refractivity contribution in [1.82, 2.24) is 14.5 Å². The molecule has 1 aliphatic rings. The Hall–Kier alpha value is -2.27. The molecule has 3 aromatic heterocycles. The van der Waals surface area contributed by atoms with Gasteiger partial charge in [0.1, 0.15) is 17.1 Å². The summed E-state index contributed by atoms with van der Waals surface area (Å²) in [6, 6.07) is 3.06. The number of thioether (sulfide) groups is 1. The van der Waals surface area contributed by atoms with Gasteiger partial charge in [-0.05, 0) is 37.0 Å². The summed E-state index contributed by atoms with van der Waals surface area (Å²) in [6.45, 7) is -1.66. The highest BCUT2D eigenvalue weighted by atomic mass is 32.2. The molecule has 0 bridgehead atoms. The fraction of sp³-hybridized carbons (Fsp3) is 0.421. The molecule has 0 aliphatic heterocycles. The molecule has 0 fully saturated rings. The second-order valence-electron chi connectivity index (χ2n) is 7.03. The van der Waals surface area contributed by atoms with Crippen molar-refractivity contribution in [3.05, 3.63) is 45.0 Å². The van der Waals surface area contributed by atoms with Gasteiger partial charge in [-0.1, -0.05) is 11.8 Å². The zero-order valence-corrected chi connectivity index (χ0v) is 17.6. The van der Waals surface area contributed by atoms with Crippen molar-refractivity contribution in [2.75, 3.05) is 12.3 Å². The Morgan fingerprint density at radius 1 is 1.40 bits per heavy atom. The first-order valence-electron chi connectivity index (χ1n) is 9.24. The molecular weight excluding hydrogens is 439 g/mol. The Labute approximate surface area is 177 Å². The third-order valence-corrected chi connectivity index (χ3v) is 7.08. The molecule has 0 spiro atoms. The van der Waals surface area contributed by atoms with E-state index in [0.717, 1.165) is 36.6 Å². The Morgan fingerprint density at radius 2 is 2.20 bits per heavy atom. The largest absolute Gasteiger partial charge is 0.467 e. The fourth-order valence-electron chi connectivity index (χ4n) is 3.49. The highest BCUT2D eigenvalue weighted by Gasteiger charge is 2.33. The number of amides is 1.